The molecule has 0 fully saturated rings. The van der Waals surface area contributed by atoms with E-state index in [1.807, 2.05) is 48.5 Å². The van der Waals surface area contributed by atoms with Gasteiger partial charge < -0.3 is 15.7 Å². The number of hydrogen-bond donors (Lipinski definition) is 3. The van der Waals surface area contributed by atoms with Gasteiger partial charge in [0.15, 0.2) is 0 Å². The first-order chi connectivity index (χ1) is 14.6. The smallest absolute Gasteiger partial charge is 0.230 e. The van der Waals surface area contributed by atoms with E-state index in [0.29, 0.717) is 24.5 Å². The first-order valence-corrected chi connectivity index (χ1v) is 9.68. The number of benzene rings is 1. The van der Waals surface area contributed by atoms with Crippen molar-refractivity contribution < 1.29 is 9.90 Å². The molecule has 1 amide bonds. The molecule has 3 N–H and O–H groups in total. The van der Waals surface area contributed by atoms with Crippen LogP contribution in [0, 0.1) is 11.3 Å². The summed E-state index contributed by atoms with van der Waals surface area (Å²) in [7, 11) is 0. The highest BCUT2D eigenvalue weighted by Gasteiger charge is 2.09. The lowest BCUT2D eigenvalue weighted by atomic mass is 10.1. The Bertz CT molecular complexity index is 1000. The lowest BCUT2D eigenvalue weighted by Gasteiger charge is -2.12. The molecule has 0 aliphatic heterocycles. The third-order valence-corrected chi connectivity index (χ3v) is 4.46. The number of rotatable bonds is 9. The van der Waals surface area contributed by atoms with Gasteiger partial charge in [-0.1, -0.05) is 24.3 Å². The largest absolute Gasteiger partial charge is 0.385 e. The molecule has 1 aromatic carbocycles. The van der Waals surface area contributed by atoms with Gasteiger partial charge in [-0.25, -0.2) is 4.98 Å². The van der Waals surface area contributed by atoms with Gasteiger partial charge in [-0.05, 0) is 54.9 Å². The van der Waals surface area contributed by atoms with Crippen LogP contribution in [0.1, 0.15) is 28.7 Å². The molecule has 0 bridgehead atoms. The molecule has 3 rings (SSSR count). The van der Waals surface area contributed by atoms with Crippen LogP contribution in [0.25, 0.3) is 0 Å². The molecule has 0 radical (unpaired) electrons. The number of nitriles is 1. The summed E-state index contributed by atoms with van der Waals surface area (Å²) in [4.78, 5) is 20.3. The molecule has 1 atom stereocenters. The van der Waals surface area contributed by atoms with E-state index in [2.05, 4.69) is 20.6 Å². The summed E-state index contributed by atoms with van der Waals surface area (Å²) >= 11 is 0. The van der Waals surface area contributed by atoms with E-state index in [9.17, 15) is 9.90 Å². The number of aromatic nitrogens is 2. The molecule has 0 aliphatic carbocycles. The van der Waals surface area contributed by atoms with Crippen LogP contribution in [0.3, 0.4) is 0 Å². The van der Waals surface area contributed by atoms with Crippen molar-refractivity contribution in [2.45, 2.75) is 18.9 Å². The third-order valence-electron chi connectivity index (χ3n) is 4.46. The Balaban J connectivity index is 1.40. The minimum Gasteiger partial charge on any atom is -0.385 e. The number of pyridine rings is 2. The predicted octanol–water partition coefficient (Wildman–Crippen LogP) is 2.40. The van der Waals surface area contributed by atoms with E-state index in [-0.39, 0.29) is 12.3 Å². The summed E-state index contributed by atoms with van der Waals surface area (Å²) in [6, 6.07) is 20.2. The second kappa shape index (κ2) is 10.8. The van der Waals surface area contributed by atoms with Gasteiger partial charge in [-0.15, -0.1) is 0 Å². The fraction of sp³-hybridized carbons (Fsp3) is 0.217. The molecule has 152 valence electrons. The number of nitrogens with zero attached hydrogens (tertiary/aromatic N) is 3. The SMILES string of the molecule is N#Cc1cccc([C@@H](O)CNCCc2ccc(NC(=O)Cc3ccccn3)cc2)n1. The summed E-state index contributed by atoms with van der Waals surface area (Å²) in [5, 5.41) is 25.1. The molecule has 0 spiro atoms. The van der Waals surface area contributed by atoms with E-state index in [0.717, 1.165) is 23.4 Å². The highest BCUT2D eigenvalue weighted by atomic mass is 16.3. The Morgan fingerprint density at radius 1 is 1.10 bits per heavy atom. The number of anilines is 1. The fourth-order valence-electron chi connectivity index (χ4n) is 2.90. The lowest BCUT2D eigenvalue weighted by molar-refractivity contribution is -0.115. The zero-order valence-electron chi connectivity index (χ0n) is 16.5. The van der Waals surface area contributed by atoms with Gasteiger partial charge in [0.25, 0.3) is 0 Å². The first-order valence-electron chi connectivity index (χ1n) is 9.68. The number of aliphatic hydroxyl groups excluding tert-OH is 1. The molecule has 7 nitrogen and oxygen atoms in total. The van der Waals surface area contributed by atoms with Crippen LogP contribution in [0.5, 0.6) is 0 Å². The van der Waals surface area contributed by atoms with E-state index in [4.69, 9.17) is 5.26 Å². The molecule has 0 saturated heterocycles. The average Bonchev–Trinajstić information content (AvgIpc) is 2.78. The molecule has 0 aliphatic rings. The summed E-state index contributed by atoms with van der Waals surface area (Å²) < 4.78 is 0. The lowest BCUT2D eigenvalue weighted by Crippen LogP contribution is -2.24. The zero-order chi connectivity index (χ0) is 21.2. The summed E-state index contributed by atoms with van der Waals surface area (Å²) in [6.07, 6.45) is 1.92. The van der Waals surface area contributed by atoms with Crippen LogP contribution in [-0.2, 0) is 17.6 Å². The zero-order valence-corrected chi connectivity index (χ0v) is 16.5. The molecular weight excluding hydrogens is 378 g/mol. The average molecular weight is 401 g/mol. The summed E-state index contributed by atoms with van der Waals surface area (Å²) in [6.45, 7) is 1.03. The number of nitrogens with one attached hydrogen (secondary N) is 2. The molecule has 0 saturated carbocycles. The Labute approximate surface area is 175 Å². The van der Waals surface area contributed by atoms with E-state index in [1.165, 1.54) is 0 Å². The molecule has 30 heavy (non-hydrogen) atoms. The molecular formula is C23H23N5O2. The number of aliphatic hydroxyl groups is 1. The van der Waals surface area contributed by atoms with Gasteiger partial charge in [0, 0.05) is 24.1 Å². The van der Waals surface area contributed by atoms with Crippen molar-refractivity contribution in [1.29, 1.82) is 5.26 Å². The Hall–Kier alpha value is -3.60. The van der Waals surface area contributed by atoms with Crippen LogP contribution in [-0.4, -0.2) is 34.1 Å². The Morgan fingerprint density at radius 2 is 1.93 bits per heavy atom. The maximum Gasteiger partial charge on any atom is 0.230 e. The second-order valence-corrected chi connectivity index (χ2v) is 6.77. The maximum atomic E-state index is 12.1. The van der Waals surface area contributed by atoms with Crippen LogP contribution in [0.4, 0.5) is 5.69 Å². The number of hydrogen-bond acceptors (Lipinski definition) is 6. The van der Waals surface area contributed by atoms with Crippen LogP contribution < -0.4 is 10.6 Å². The van der Waals surface area contributed by atoms with Crippen molar-refractivity contribution in [2.24, 2.45) is 0 Å². The third kappa shape index (κ3) is 6.48. The van der Waals surface area contributed by atoms with Crippen molar-refractivity contribution in [3.8, 4) is 6.07 Å². The topological polar surface area (TPSA) is 111 Å². The molecule has 2 heterocycles. The second-order valence-electron chi connectivity index (χ2n) is 6.77. The van der Waals surface area contributed by atoms with Gasteiger partial charge in [0.1, 0.15) is 17.9 Å². The first kappa shape index (κ1) is 21.1. The highest BCUT2D eigenvalue weighted by Crippen LogP contribution is 2.12. The maximum absolute atomic E-state index is 12.1. The van der Waals surface area contributed by atoms with Crippen molar-refractivity contribution in [2.75, 3.05) is 18.4 Å². The van der Waals surface area contributed by atoms with E-state index < -0.39 is 6.10 Å². The van der Waals surface area contributed by atoms with Gasteiger partial charge in [0.05, 0.1) is 12.1 Å². The van der Waals surface area contributed by atoms with Crippen molar-refractivity contribution in [3.05, 3.63) is 89.5 Å². The van der Waals surface area contributed by atoms with Crippen molar-refractivity contribution in [1.82, 2.24) is 15.3 Å². The standard InChI is InChI=1S/C23H23N5O2/c24-15-20-5-3-6-21(27-20)22(29)16-25-13-11-17-7-9-18(10-8-17)28-23(30)14-19-4-1-2-12-26-19/h1-10,12,22,25,29H,11,13-14,16H2,(H,28,30)/t22-/m0/s1. The van der Waals surface area contributed by atoms with Crippen LogP contribution in [0.15, 0.2) is 66.9 Å². The minimum atomic E-state index is -0.769. The fourth-order valence-corrected chi connectivity index (χ4v) is 2.90. The summed E-state index contributed by atoms with van der Waals surface area (Å²) in [5.41, 5.74) is 3.36. The van der Waals surface area contributed by atoms with E-state index >= 15 is 0 Å². The number of carbonyl (C=O) groups excluding carboxylic acids is 1. The molecule has 7 heteroatoms. The Kier molecular flexibility index (Phi) is 7.61. The van der Waals surface area contributed by atoms with Gasteiger partial charge in [-0.3, -0.25) is 9.78 Å². The number of amides is 1. The molecule has 3 aromatic rings. The van der Waals surface area contributed by atoms with Gasteiger partial charge in [0.2, 0.25) is 5.91 Å². The van der Waals surface area contributed by atoms with Crippen LogP contribution >= 0.6 is 0 Å². The van der Waals surface area contributed by atoms with E-state index in [1.54, 1.807) is 24.4 Å². The van der Waals surface area contributed by atoms with Crippen LogP contribution in [0.2, 0.25) is 0 Å². The normalized spacial score (nSPS) is 11.5. The monoisotopic (exact) mass is 401 g/mol. The Morgan fingerprint density at radius 3 is 2.67 bits per heavy atom. The highest BCUT2D eigenvalue weighted by molar-refractivity contribution is 5.91. The molecule has 2 aromatic heterocycles. The molecule has 0 unspecified atom stereocenters. The predicted molar refractivity (Wildman–Crippen MR) is 113 cm³/mol. The van der Waals surface area contributed by atoms with Gasteiger partial charge in [-0.2, -0.15) is 5.26 Å². The number of carbonyl (C=O) groups is 1. The summed E-state index contributed by atoms with van der Waals surface area (Å²) in [5.74, 6) is -0.105. The quantitative estimate of drug-likeness (QED) is 0.475. The van der Waals surface area contributed by atoms with Gasteiger partial charge >= 0.3 is 0 Å². The van der Waals surface area contributed by atoms with Crippen molar-refractivity contribution in [3.63, 3.8) is 0 Å². The van der Waals surface area contributed by atoms with Crippen molar-refractivity contribution >= 4 is 11.6 Å². The minimum absolute atomic E-state index is 0.105.